The summed E-state index contributed by atoms with van der Waals surface area (Å²) in [5.41, 5.74) is 1.07. The lowest BCUT2D eigenvalue weighted by atomic mass is 10.0. The number of carbonyl (C=O) groups is 2. The number of halogens is 1. The van der Waals surface area contributed by atoms with Crippen LogP contribution < -0.4 is 10.6 Å². The molecule has 2 atom stereocenters. The molecule has 0 bridgehead atoms. The Balaban J connectivity index is 2.60. The smallest absolute Gasteiger partial charge is 0.225 e. The Kier molecular flexibility index (Phi) is 7.14. The highest BCUT2D eigenvalue weighted by Crippen LogP contribution is 2.19. The van der Waals surface area contributed by atoms with Crippen molar-refractivity contribution in [1.29, 1.82) is 0 Å². The van der Waals surface area contributed by atoms with Crippen LogP contribution in [0, 0.1) is 0 Å². The number of aliphatic hydroxyl groups excluding tert-OH is 2. The van der Waals surface area contributed by atoms with Gasteiger partial charge in [-0.3, -0.25) is 9.59 Å². The molecule has 0 saturated heterocycles. The van der Waals surface area contributed by atoms with Crippen molar-refractivity contribution in [3.63, 3.8) is 0 Å². The summed E-state index contributed by atoms with van der Waals surface area (Å²) in [4.78, 5) is 22.1. The van der Waals surface area contributed by atoms with Crippen molar-refractivity contribution >= 4 is 29.1 Å². The van der Waals surface area contributed by atoms with Gasteiger partial charge in [0.15, 0.2) is 0 Å². The lowest BCUT2D eigenvalue weighted by Gasteiger charge is -2.18. The van der Waals surface area contributed by atoms with Crippen LogP contribution in [0.4, 0.5) is 5.69 Å². The van der Waals surface area contributed by atoms with E-state index in [1.54, 1.807) is 24.3 Å². The largest absolute Gasteiger partial charge is 0.388 e. The minimum atomic E-state index is -1.12. The van der Waals surface area contributed by atoms with Gasteiger partial charge in [-0.1, -0.05) is 12.1 Å². The van der Waals surface area contributed by atoms with E-state index in [0.717, 1.165) is 0 Å². The molecule has 2 unspecified atom stereocenters. The van der Waals surface area contributed by atoms with E-state index in [-0.39, 0.29) is 30.7 Å². The fourth-order valence-electron chi connectivity index (χ4n) is 1.66. The molecular weight excluding hydrogens is 296 g/mol. The number of rotatable bonds is 7. The first-order valence-corrected chi connectivity index (χ1v) is 7.04. The van der Waals surface area contributed by atoms with Gasteiger partial charge in [0.25, 0.3) is 0 Å². The van der Waals surface area contributed by atoms with Gasteiger partial charge < -0.3 is 20.8 Å². The maximum absolute atomic E-state index is 11.4. The van der Waals surface area contributed by atoms with Crippen LogP contribution in [0.5, 0.6) is 0 Å². The SMILES string of the molecule is CC(=O)NCC(O)C(O)c1ccc(NC(=O)CCCl)cc1. The fraction of sp³-hybridized carbons (Fsp3) is 0.429. The van der Waals surface area contributed by atoms with E-state index in [1.165, 1.54) is 6.92 Å². The zero-order chi connectivity index (χ0) is 15.8. The molecule has 0 aromatic heterocycles. The van der Waals surface area contributed by atoms with Gasteiger partial charge in [-0.05, 0) is 17.7 Å². The van der Waals surface area contributed by atoms with Gasteiger partial charge in [0.1, 0.15) is 12.2 Å². The Morgan fingerprint density at radius 1 is 1.24 bits per heavy atom. The normalized spacial score (nSPS) is 13.3. The van der Waals surface area contributed by atoms with Gasteiger partial charge in [0.05, 0.1) is 0 Å². The number of benzene rings is 1. The quantitative estimate of drug-likeness (QED) is 0.559. The third kappa shape index (κ3) is 6.12. The maximum Gasteiger partial charge on any atom is 0.225 e. The molecular formula is C14H19ClN2O4. The zero-order valence-electron chi connectivity index (χ0n) is 11.7. The molecule has 0 heterocycles. The molecule has 21 heavy (non-hydrogen) atoms. The summed E-state index contributed by atoms with van der Waals surface area (Å²) in [5.74, 6) is -0.222. The number of nitrogens with one attached hydrogen (secondary N) is 2. The first-order chi connectivity index (χ1) is 9.93. The van der Waals surface area contributed by atoms with Gasteiger partial charge in [0.2, 0.25) is 11.8 Å². The molecule has 0 fully saturated rings. The van der Waals surface area contributed by atoms with Gasteiger partial charge in [-0.15, -0.1) is 11.6 Å². The molecule has 0 aliphatic rings. The third-order valence-electron chi connectivity index (χ3n) is 2.78. The second-order valence-corrected chi connectivity index (χ2v) is 4.94. The van der Waals surface area contributed by atoms with Crippen LogP contribution in [-0.4, -0.2) is 40.6 Å². The Labute approximate surface area is 128 Å². The van der Waals surface area contributed by atoms with Crippen LogP contribution in [0.2, 0.25) is 0 Å². The fourth-order valence-corrected chi connectivity index (χ4v) is 1.83. The number of amides is 2. The standard InChI is InChI=1S/C14H19ClN2O4/c1-9(18)16-8-12(19)14(21)10-2-4-11(5-3-10)17-13(20)6-7-15/h2-5,12,14,19,21H,6-8H2,1H3,(H,16,18)(H,17,20). The monoisotopic (exact) mass is 314 g/mol. The lowest BCUT2D eigenvalue weighted by molar-refractivity contribution is -0.120. The average Bonchev–Trinajstić information content (AvgIpc) is 2.45. The first-order valence-electron chi connectivity index (χ1n) is 6.50. The highest BCUT2D eigenvalue weighted by molar-refractivity contribution is 6.19. The van der Waals surface area contributed by atoms with Crippen LogP contribution >= 0.6 is 11.6 Å². The Morgan fingerprint density at radius 3 is 2.38 bits per heavy atom. The molecule has 0 spiro atoms. The summed E-state index contributed by atoms with van der Waals surface area (Å²) in [7, 11) is 0. The average molecular weight is 315 g/mol. The molecule has 2 amide bonds. The number of carbonyl (C=O) groups excluding carboxylic acids is 2. The van der Waals surface area contributed by atoms with E-state index in [9.17, 15) is 19.8 Å². The van der Waals surface area contributed by atoms with E-state index in [4.69, 9.17) is 11.6 Å². The summed E-state index contributed by atoms with van der Waals surface area (Å²) in [6, 6.07) is 6.43. The van der Waals surface area contributed by atoms with Crippen molar-refractivity contribution in [1.82, 2.24) is 5.32 Å². The molecule has 116 valence electrons. The topological polar surface area (TPSA) is 98.7 Å². The van der Waals surface area contributed by atoms with Gasteiger partial charge in [-0.25, -0.2) is 0 Å². The van der Waals surface area contributed by atoms with Crippen LogP contribution in [0.1, 0.15) is 25.0 Å². The van der Waals surface area contributed by atoms with Crippen molar-refractivity contribution in [3.05, 3.63) is 29.8 Å². The van der Waals surface area contributed by atoms with Crippen molar-refractivity contribution in [2.24, 2.45) is 0 Å². The van der Waals surface area contributed by atoms with E-state index in [1.807, 2.05) is 0 Å². The van der Waals surface area contributed by atoms with Crippen molar-refractivity contribution < 1.29 is 19.8 Å². The highest BCUT2D eigenvalue weighted by Gasteiger charge is 2.18. The lowest BCUT2D eigenvalue weighted by Crippen LogP contribution is -2.34. The number of alkyl halides is 1. The second-order valence-electron chi connectivity index (χ2n) is 4.56. The van der Waals surface area contributed by atoms with Crippen LogP contribution in [0.3, 0.4) is 0 Å². The first kappa shape index (κ1) is 17.4. The number of hydrogen-bond donors (Lipinski definition) is 4. The summed E-state index contributed by atoms with van der Waals surface area (Å²) in [5, 5.41) is 24.8. The molecule has 7 heteroatoms. The molecule has 0 aliphatic carbocycles. The Hall–Kier alpha value is -1.63. The van der Waals surface area contributed by atoms with Crippen molar-refractivity contribution in [2.75, 3.05) is 17.7 Å². The summed E-state index contributed by atoms with van der Waals surface area (Å²) in [6.45, 7) is 1.29. The molecule has 6 nitrogen and oxygen atoms in total. The molecule has 0 aliphatic heterocycles. The van der Waals surface area contributed by atoms with Crippen LogP contribution in [-0.2, 0) is 9.59 Å². The summed E-state index contributed by atoms with van der Waals surface area (Å²) < 4.78 is 0. The minimum absolute atomic E-state index is 0.0370. The summed E-state index contributed by atoms with van der Waals surface area (Å²) in [6.07, 6.45) is -2.00. The highest BCUT2D eigenvalue weighted by atomic mass is 35.5. The number of anilines is 1. The van der Waals surface area contributed by atoms with Crippen LogP contribution in [0.25, 0.3) is 0 Å². The second kappa shape index (κ2) is 8.61. The molecule has 1 aromatic rings. The maximum atomic E-state index is 11.4. The zero-order valence-corrected chi connectivity index (χ0v) is 12.4. The van der Waals surface area contributed by atoms with Gasteiger partial charge in [-0.2, -0.15) is 0 Å². The Morgan fingerprint density at radius 2 is 1.86 bits per heavy atom. The number of hydrogen-bond acceptors (Lipinski definition) is 4. The van der Waals surface area contributed by atoms with Crippen LogP contribution in [0.15, 0.2) is 24.3 Å². The predicted octanol–water partition coefficient (Wildman–Crippen LogP) is 0.784. The van der Waals surface area contributed by atoms with E-state index < -0.39 is 12.2 Å². The predicted molar refractivity (Wildman–Crippen MR) is 80.1 cm³/mol. The number of aliphatic hydroxyl groups is 2. The third-order valence-corrected chi connectivity index (χ3v) is 2.97. The molecule has 4 N–H and O–H groups in total. The Bertz CT molecular complexity index is 478. The minimum Gasteiger partial charge on any atom is -0.388 e. The van der Waals surface area contributed by atoms with E-state index in [0.29, 0.717) is 11.3 Å². The van der Waals surface area contributed by atoms with Crippen molar-refractivity contribution in [2.45, 2.75) is 25.6 Å². The molecule has 0 saturated carbocycles. The molecule has 1 aromatic carbocycles. The van der Waals surface area contributed by atoms with Crippen molar-refractivity contribution in [3.8, 4) is 0 Å². The van der Waals surface area contributed by atoms with Gasteiger partial charge >= 0.3 is 0 Å². The summed E-state index contributed by atoms with van der Waals surface area (Å²) >= 11 is 5.46. The van der Waals surface area contributed by atoms with E-state index >= 15 is 0 Å². The molecule has 0 radical (unpaired) electrons. The van der Waals surface area contributed by atoms with Gasteiger partial charge in [0, 0.05) is 31.5 Å². The molecule has 1 rings (SSSR count). The van der Waals surface area contributed by atoms with E-state index in [2.05, 4.69) is 10.6 Å².